The number of carbonyl (C=O) groups is 2. The molecule has 150 valence electrons. The molecular formula is C18H18FN7O3. The van der Waals surface area contributed by atoms with E-state index < -0.39 is 18.0 Å². The van der Waals surface area contributed by atoms with Gasteiger partial charge in [-0.25, -0.2) is 18.9 Å². The quantitative estimate of drug-likeness (QED) is 0.666. The lowest BCUT2D eigenvalue weighted by Gasteiger charge is -2.14. The summed E-state index contributed by atoms with van der Waals surface area (Å²) in [5.41, 5.74) is 1.22. The van der Waals surface area contributed by atoms with Crippen LogP contribution in [0, 0.1) is 5.82 Å². The van der Waals surface area contributed by atoms with Gasteiger partial charge in [-0.1, -0.05) is 5.21 Å². The van der Waals surface area contributed by atoms with E-state index in [4.69, 9.17) is 4.74 Å². The first-order valence-electron chi connectivity index (χ1n) is 8.89. The Hall–Kier alpha value is -3.76. The molecule has 10 nitrogen and oxygen atoms in total. The highest BCUT2D eigenvalue weighted by Gasteiger charge is 2.32. The molecule has 1 fully saturated rings. The van der Waals surface area contributed by atoms with Gasteiger partial charge in [0.2, 0.25) is 5.91 Å². The zero-order valence-corrected chi connectivity index (χ0v) is 15.5. The lowest BCUT2D eigenvalue weighted by Crippen LogP contribution is -2.33. The predicted octanol–water partition coefficient (Wildman–Crippen LogP) is 1.11. The first kappa shape index (κ1) is 18.6. The van der Waals surface area contributed by atoms with Crippen LogP contribution in [0.4, 0.5) is 14.9 Å². The van der Waals surface area contributed by atoms with Gasteiger partial charge in [-0.2, -0.15) is 0 Å². The van der Waals surface area contributed by atoms with E-state index in [0.717, 1.165) is 0 Å². The second-order valence-corrected chi connectivity index (χ2v) is 6.58. The maximum absolute atomic E-state index is 14.7. The molecule has 29 heavy (non-hydrogen) atoms. The third-order valence-corrected chi connectivity index (χ3v) is 4.39. The van der Waals surface area contributed by atoms with Crippen LogP contribution < -0.4 is 10.2 Å². The largest absolute Gasteiger partial charge is 0.442 e. The number of nitrogens with zero attached hydrogens (tertiary/aromatic N) is 6. The number of rotatable bonds is 6. The van der Waals surface area contributed by atoms with E-state index in [1.54, 1.807) is 31.0 Å². The molecule has 1 atom stereocenters. The zero-order chi connectivity index (χ0) is 20.4. The average Bonchev–Trinajstić information content (AvgIpc) is 3.42. The van der Waals surface area contributed by atoms with Crippen molar-refractivity contribution in [2.24, 2.45) is 0 Å². The second kappa shape index (κ2) is 7.70. The van der Waals surface area contributed by atoms with Crippen LogP contribution in [0.15, 0.2) is 43.1 Å². The molecule has 0 unspecified atom stereocenters. The van der Waals surface area contributed by atoms with Crippen LogP contribution in [0.2, 0.25) is 0 Å². The first-order valence-corrected chi connectivity index (χ1v) is 8.89. The van der Waals surface area contributed by atoms with Crippen LogP contribution in [0.25, 0.3) is 5.69 Å². The number of hydrogen-bond donors (Lipinski definition) is 1. The van der Waals surface area contributed by atoms with E-state index in [0.29, 0.717) is 17.9 Å². The summed E-state index contributed by atoms with van der Waals surface area (Å²) in [6.07, 6.45) is 5.66. The summed E-state index contributed by atoms with van der Waals surface area (Å²) in [7, 11) is 0. The Morgan fingerprint density at radius 3 is 3.00 bits per heavy atom. The molecule has 1 N–H and O–H groups in total. The van der Waals surface area contributed by atoms with Crippen molar-refractivity contribution in [2.75, 3.05) is 18.0 Å². The van der Waals surface area contributed by atoms with E-state index in [1.807, 2.05) is 4.57 Å². The van der Waals surface area contributed by atoms with Crippen LogP contribution in [0.3, 0.4) is 0 Å². The summed E-state index contributed by atoms with van der Waals surface area (Å²) < 4.78 is 23.1. The predicted molar refractivity (Wildman–Crippen MR) is 98.9 cm³/mol. The molecule has 11 heteroatoms. The minimum atomic E-state index is -0.587. The monoisotopic (exact) mass is 399 g/mol. The third-order valence-electron chi connectivity index (χ3n) is 4.39. The zero-order valence-electron chi connectivity index (χ0n) is 15.5. The molecule has 0 bridgehead atoms. The minimum absolute atomic E-state index is 0.205. The molecule has 3 aromatic rings. The molecule has 4 rings (SSSR count). The molecule has 1 saturated heterocycles. The van der Waals surface area contributed by atoms with Crippen LogP contribution in [-0.4, -0.2) is 55.7 Å². The van der Waals surface area contributed by atoms with Crippen molar-refractivity contribution in [3.63, 3.8) is 0 Å². The summed E-state index contributed by atoms with van der Waals surface area (Å²) >= 11 is 0. The van der Waals surface area contributed by atoms with Gasteiger partial charge in [-0.15, -0.1) is 5.10 Å². The van der Waals surface area contributed by atoms with Crippen molar-refractivity contribution in [3.05, 3.63) is 54.6 Å². The summed E-state index contributed by atoms with van der Waals surface area (Å²) in [6, 6.07) is 4.38. The van der Waals surface area contributed by atoms with Crippen molar-refractivity contribution in [3.8, 4) is 5.69 Å². The molecule has 1 aliphatic rings. The maximum Gasteiger partial charge on any atom is 0.414 e. The molecule has 0 aliphatic carbocycles. The number of imidazole rings is 1. The first-order chi connectivity index (χ1) is 14.0. The Balaban J connectivity index is 1.48. The van der Waals surface area contributed by atoms with Gasteiger partial charge < -0.3 is 14.6 Å². The van der Waals surface area contributed by atoms with Crippen LogP contribution in [-0.2, 0) is 16.1 Å². The molecule has 2 amide bonds. The fourth-order valence-corrected chi connectivity index (χ4v) is 3.00. The Kier molecular flexibility index (Phi) is 4.94. The van der Waals surface area contributed by atoms with E-state index in [9.17, 15) is 14.0 Å². The smallest absolute Gasteiger partial charge is 0.414 e. The van der Waals surface area contributed by atoms with Crippen LogP contribution >= 0.6 is 0 Å². The van der Waals surface area contributed by atoms with E-state index >= 15 is 0 Å². The number of cyclic esters (lactones) is 1. The lowest BCUT2D eigenvalue weighted by atomic mass is 10.2. The number of anilines is 1. The molecule has 3 heterocycles. The molecule has 0 saturated carbocycles. The van der Waals surface area contributed by atoms with E-state index in [2.05, 4.69) is 20.6 Å². The Labute approximate surface area is 164 Å². The second-order valence-electron chi connectivity index (χ2n) is 6.58. The Bertz CT molecular complexity index is 1030. The Morgan fingerprint density at radius 2 is 2.28 bits per heavy atom. The molecule has 1 aliphatic heterocycles. The normalized spacial score (nSPS) is 16.1. The van der Waals surface area contributed by atoms with Gasteiger partial charge in [0, 0.05) is 19.3 Å². The minimum Gasteiger partial charge on any atom is -0.442 e. The van der Waals surface area contributed by atoms with Gasteiger partial charge in [0.05, 0.1) is 37.8 Å². The van der Waals surface area contributed by atoms with Gasteiger partial charge in [0.1, 0.15) is 17.5 Å². The number of aromatic nitrogens is 5. The van der Waals surface area contributed by atoms with Crippen LogP contribution in [0.5, 0.6) is 0 Å². The summed E-state index contributed by atoms with van der Waals surface area (Å²) in [5.74, 6) is -0.769. The number of ether oxygens (including phenoxy) is 1. The lowest BCUT2D eigenvalue weighted by molar-refractivity contribution is -0.119. The molecule has 0 spiro atoms. The average molecular weight is 399 g/mol. The third kappa shape index (κ3) is 4.08. The van der Waals surface area contributed by atoms with E-state index in [1.165, 1.54) is 28.6 Å². The van der Waals surface area contributed by atoms with Crippen molar-refractivity contribution in [2.45, 2.75) is 19.6 Å². The van der Waals surface area contributed by atoms with Gasteiger partial charge >= 0.3 is 6.09 Å². The van der Waals surface area contributed by atoms with E-state index in [-0.39, 0.29) is 24.7 Å². The molecule has 1 aromatic carbocycles. The van der Waals surface area contributed by atoms with Gasteiger partial charge in [0.15, 0.2) is 5.82 Å². The number of halogens is 1. The number of benzene rings is 1. The van der Waals surface area contributed by atoms with Gasteiger partial charge in [-0.3, -0.25) is 9.69 Å². The summed E-state index contributed by atoms with van der Waals surface area (Å²) in [5, 5.41) is 10.6. The van der Waals surface area contributed by atoms with Crippen molar-refractivity contribution >= 4 is 17.7 Å². The molecular weight excluding hydrogens is 381 g/mol. The maximum atomic E-state index is 14.7. The number of carbonyl (C=O) groups excluding carboxylic acids is 2. The fourth-order valence-electron chi connectivity index (χ4n) is 3.00. The highest BCUT2D eigenvalue weighted by atomic mass is 19.1. The van der Waals surface area contributed by atoms with Crippen molar-refractivity contribution in [1.82, 2.24) is 29.9 Å². The SMILES string of the molecule is CC(=O)NC[C@H]1CN(c2ccc(-n3cc(Cn4ccnc4)nn3)c(F)c2)C(=O)O1. The van der Waals surface area contributed by atoms with Crippen molar-refractivity contribution < 1.29 is 18.7 Å². The van der Waals surface area contributed by atoms with Crippen LogP contribution in [0.1, 0.15) is 12.6 Å². The number of nitrogens with one attached hydrogen (secondary N) is 1. The Morgan fingerprint density at radius 1 is 1.41 bits per heavy atom. The molecule has 2 aromatic heterocycles. The van der Waals surface area contributed by atoms with Gasteiger partial charge in [-0.05, 0) is 18.2 Å². The number of hydrogen-bond acceptors (Lipinski definition) is 6. The topological polar surface area (TPSA) is 107 Å². The summed E-state index contributed by atoms with van der Waals surface area (Å²) in [4.78, 5) is 28.4. The van der Waals surface area contributed by atoms with Crippen molar-refractivity contribution in [1.29, 1.82) is 0 Å². The number of amides is 2. The van der Waals surface area contributed by atoms with Gasteiger partial charge in [0.25, 0.3) is 0 Å². The summed E-state index contributed by atoms with van der Waals surface area (Å²) in [6.45, 7) is 2.27. The highest BCUT2D eigenvalue weighted by Crippen LogP contribution is 2.25. The standard InChI is InChI=1S/C18H18FN7O3/c1-12(27)21-7-15-10-25(18(28)29-15)14-2-3-17(16(19)6-14)26-9-13(22-23-26)8-24-5-4-20-11-24/h2-6,9,11,15H,7-8,10H2,1H3,(H,21,27)/t15-/m0/s1. The molecule has 0 radical (unpaired) electrons. The highest BCUT2D eigenvalue weighted by molar-refractivity contribution is 5.90. The fraction of sp³-hybridized carbons (Fsp3) is 0.278.